The van der Waals surface area contributed by atoms with Gasteiger partial charge in [-0.2, -0.15) is 0 Å². The van der Waals surface area contributed by atoms with Crippen LogP contribution < -0.4 is 5.73 Å². The fraction of sp³-hybridized carbons (Fsp3) is 0.462. The van der Waals surface area contributed by atoms with Crippen molar-refractivity contribution in [3.05, 3.63) is 29.8 Å². The van der Waals surface area contributed by atoms with Crippen molar-refractivity contribution < 1.29 is 17.9 Å². The lowest BCUT2D eigenvalue weighted by molar-refractivity contribution is 0.0163. The van der Waals surface area contributed by atoms with Crippen LogP contribution in [0.4, 0.5) is 0 Å². The lowest BCUT2D eigenvalue weighted by atomic mass is 10.2. The van der Waals surface area contributed by atoms with Crippen molar-refractivity contribution >= 4 is 27.0 Å². The third-order valence-electron chi connectivity index (χ3n) is 2.63. The Balaban J connectivity index is 2.69. The van der Waals surface area contributed by atoms with Gasteiger partial charge in [0.15, 0.2) is 9.84 Å². The minimum absolute atomic E-state index is 0.0954. The highest BCUT2D eigenvalue weighted by Crippen LogP contribution is 2.13. The number of hydrogen-bond donors (Lipinski definition) is 1. The number of hydrogen-bond acceptors (Lipinski definition) is 5. The van der Waals surface area contributed by atoms with Gasteiger partial charge in [0.2, 0.25) is 0 Å². The largest absolute Gasteiger partial charge is 0.389 e. The molecule has 0 spiro atoms. The van der Waals surface area contributed by atoms with Crippen molar-refractivity contribution in [2.24, 2.45) is 5.73 Å². The topological polar surface area (TPSA) is 78.6 Å². The molecule has 2 N–H and O–H groups in total. The molecule has 7 heteroatoms. The second-order valence-electron chi connectivity index (χ2n) is 4.35. The van der Waals surface area contributed by atoms with E-state index in [-0.39, 0.29) is 28.3 Å². The Kier molecular flexibility index (Phi) is 6.54. The first-order chi connectivity index (χ1) is 9.36. The second kappa shape index (κ2) is 7.68. The molecule has 0 aliphatic carbocycles. The standard InChI is InChI=1S/C13H19NO4S2/c1-10(9-17-2)18-6-7-20(15,16)12-5-3-4-11(8-12)13(14)19/h3-5,8,10H,6-7,9H2,1-2H3,(H2,14,19). The Morgan fingerprint density at radius 2 is 2.15 bits per heavy atom. The van der Waals surface area contributed by atoms with E-state index < -0.39 is 9.84 Å². The molecule has 0 radical (unpaired) electrons. The summed E-state index contributed by atoms with van der Waals surface area (Å²) in [5.74, 6) is -0.0954. The summed E-state index contributed by atoms with van der Waals surface area (Å²) < 4.78 is 34.6. The SMILES string of the molecule is COCC(C)OCCS(=O)(=O)c1cccc(C(N)=S)c1. The highest BCUT2D eigenvalue weighted by Gasteiger charge is 2.16. The fourth-order valence-electron chi connectivity index (χ4n) is 1.60. The molecule has 1 aromatic rings. The van der Waals surface area contributed by atoms with Gasteiger partial charge in [-0.05, 0) is 19.1 Å². The summed E-state index contributed by atoms with van der Waals surface area (Å²) in [6, 6.07) is 6.31. The van der Waals surface area contributed by atoms with Crippen LogP contribution in [0.1, 0.15) is 12.5 Å². The van der Waals surface area contributed by atoms with Gasteiger partial charge in [0, 0.05) is 12.7 Å². The number of methoxy groups -OCH3 is 1. The summed E-state index contributed by atoms with van der Waals surface area (Å²) in [6.07, 6.45) is -0.141. The summed E-state index contributed by atoms with van der Waals surface area (Å²) >= 11 is 4.84. The maximum absolute atomic E-state index is 12.2. The highest BCUT2D eigenvalue weighted by atomic mass is 32.2. The average Bonchev–Trinajstić information content (AvgIpc) is 2.39. The van der Waals surface area contributed by atoms with Crippen molar-refractivity contribution in [1.29, 1.82) is 0 Å². The van der Waals surface area contributed by atoms with E-state index in [9.17, 15) is 8.42 Å². The second-order valence-corrected chi connectivity index (χ2v) is 6.90. The minimum Gasteiger partial charge on any atom is -0.389 e. The van der Waals surface area contributed by atoms with E-state index in [1.54, 1.807) is 19.2 Å². The smallest absolute Gasteiger partial charge is 0.180 e. The first-order valence-corrected chi connectivity index (χ1v) is 8.16. The molecule has 0 aromatic heterocycles. The van der Waals surface area contributed by atoms with E-state index in [1.807, 2.05) is 6.92 Å². The Morgan fingerprint density at radius 3 is 2.75 bits per heavy atom. The summed E-state index contributed by atoms with van der Waals surface area (Å²) in [5, 5.41) is 0. The summed E-state index contributed by atoms with van der Waals surface area (Å²) in [5.41, 5.74) is 6.03. The Labute approximate surface area is 125 Å². The first kappa shape index (κ1) is 17.0. The van der Waals surface area contributed by atoms with Gasteiger partial charge in [0.25, 0.3) is 0 Å². The van der Waals surface area contributed by atoms with Crippen LogP contribution in [0.15, 0.2) is 29.2 Å². The van der Waals surface area contributed by atoms with Crippen LogP contribution in [0.5, 0.6) is 0 Å². The third-order valence-corrected chi connectivity index (χ3v) is 4.55. The Hall–Kier alpha value is -1.02. The molecule has 0 saturated carbocycles. The quantitative estimate of drug-likeness (QED) is 0.725. The molecule has 0 aliphatic rings. The van der Waals surface area contributed by atoms with Crippen molar-refractivity contribution in [3.63, 3.8) is 0 Å². The van der Waals surface area contributed by atoms with Crippen LogP contribution >= 0.6 is 12.2 Å². The van der Waals surface area contributed by atoms with Crippen LogP contribution in [0, 0.1) is 0 Å². The third kappa shape index (κ3) is 5.16. The molecule has 1 aromatic carbocycles. The van der Waals surface area contributed by atoms with Gasteiger partial charge in [-0.3, -0.25) is 0 Å². The number of rotatable bonds is 8. The molecule has 112 valence electrons. The lowest BCUT2D eigenvalue weighted by Gasteiger charge is -2.12. The van der Waals surface area contributed by atoms with Gasteiger partial charge >= 0.3 is 0 Å². The van der Waals surface area contributed by atoms with E-state index in [4.69, 9.17) is 27.4 Å². The van der Waals surface area contributed by atoms with Crippen LogP contribution in [-0.4, -0.2) is 45.6 Å². The molecule has 0 fully saturated rings. The maximum Gasteiger partial charge on any atom is 0.180 e. The van der Waals surface area contributed by atoms with Crippen molar-refractivity contribution in [1.82, 2.24) is 0 Å². The monoisotopic (exact) mass is 317 g/mol. The van der Waals surface area contributed by atoms with Crippen LogP contribution in [-0.2, 0) is 19.3 Å². The van der Waals surface area contributed by atoms with Gasteiger partial charge in [-0.15, -0.1) is 0 Å². The molecule has 1 atom stereocenters. The number of thiocarbonyl (C=S) groups is 1. The molecule has 0 aliphatic heterocycles. The predicted octanol–water partition coefficient (Wildman–Crippen LogP) is 1.15. The molecular formula is C13H19NO4S2. The first-order valence-electron chi connectivity index (χ1n) is 6.10. The van der Waals surface area contributed by atoms with Gasteiger partial charge < -0.3 is 15.2 Å². The van der Waals surface area contributed by atoms with Crippen LogP contribution in [0.25, 0.3) is 0 Å². The molecule has 0 amide bonds. The zero-order chi connectivity index (χ0) is 15.2. The van der Waals surface area contributed by atoms with Gasteiger partial charge in [-0.25, -0.2) is 8.42 Å². The van der Waals surface area contributed by atoms with Gasteiger partial charge in [0.05, 0.1) is 30.0 Å². The normalized spacial score (nSPS) is 13.1. The van der Waals surface area contributed by atoms with Crippen LogP contribution in [0.2, 0.25) is 0 Å². The lowest BCUT2D eigenvalue weighted by Crippen LogP contribution is -2.20. The summed E-state index contributed by atoms with van der Waals surface area (Å²) in [4.78, 5) is 0.373. The van der Waals surface area contributed by atoms with Crippen molar-refractivity contribution in [3.8, 4) is 0 Å². The fourth-order valence-corrected chi connectivity index (χ4v) is 2.87. The van der Waals surface area contributed by atoms with Crippen LogP contribution in [0.3, 0.4) is 0 Å². The van der Waals surface area contributed by atoms with E-state index in [2.05, 4.69) is 0 Å². The van der Waals surface area contributed by atoms with E-state index in [1.165, 1.54) is 12.1 Å². The average molecular weight is 317 g/mol. The minimum atomic E-state index is -3.41. The molecular weight excluding hydrogens is 298 g/mol. The molecule has 0 saturated heterocycles. The van der Waals surface area contributed by atoms with Crippen molar-refractivity contribution in [2.75, 3.05) is 26.1 Å². The van der Waals surface area contributed by atoms with E-state index >= 15 is 0 Å². The van der Waals surface area contributed by atoms with Gasteiger partial charge in [0.1, 0.15) is 4.99 Å². The Bertz CT molecular complexity index is 557. The van der Waals surface area contributed by atoms with E-state index in [0.29, 0.717) is 12.2 Å². The Morgan fingerprint density at radius 1 is 1.45 bits per heavy atom. The summed E-state index contributed by atoms with van der Waals surface area (Å²) in [6.45, 7) is 2.37. The zero-order valence-corrected chi connectivity index (χ0v) is 13.2. The number of ether oxygens (including phenoxy) is 2. The molecule has 0 bridgehead atoms. The summed E-state index contributed by atoms with van der Waals surface area (Å²) in [7, 11) is -1.84. The molecule has 0 heterocycles. The number of benzene rings is 1. The van der Waals surface area contributed by atoms with Crippen molar-refractivity contribution in [2.45, 2.75) is 17.9 Å². The molecule has 20 heavy (non-hydrogen) atoms. The zero-order valence-electron chi connectivity index (χ0n) is 11.5. The molecule has 1 unspecified atom stereocenters. The molecule has 1 rings (SSSR count). The van der Waals surface area contributed by atoms with E-state index in [0.717, 1.165) is 0 Å². The van der Waals surface area contributed by atoms with Gasteiger partial charge in [-0.1, -0.05) is 24.4 Å². The highest BCUT2D eigenvalue weighted by molar-refractivity contribution is 7.91. The molecule has 5 nitrogen and oxygen atoms in total. The maximum atomic E-state index is 12.2. The number of nitrogens with two attached hydrogens (primary N) is 1. The number of sulfone groups is 1. The predicted molar refractivity (Wildman–Crippen MR) is 81.7 cm³/mol.